The van der Waals surface area contributed by atoms with Gasteiger partial charge in [0.25, 0.3) is 0 Å². The van der Waals surface area contributed by atoms with Crippen molar-refractivity contribution in [2.45, 2.75) is 37.5 Å². The van der Waals surface area contributed by atoms with Crippen molar-refractivity contribution in [2.24, 2.45) is 5.92 Å². The maximum atomic E-state index is 12.1. The van der Waals surface area contributed by atoms with Crippen LogP contribution in [0.1, 0.15) is 36.8 Å². The van der Waals surface area contributed by atoms with Crippen molar-refractivity contribution in [3.63, 3.8) is 0 Å². The summed E-state index contributed by atoms with van der Waals surface area (Å²) in [6.45, 7) is 0. The van der Waals surface area contributed by atoms with Gasteiger partial charge in [-0.1, -0.05) is 67.1 Å². The fraction of sp³-hybridized carbons (Fsp3) is 0.350. The molecule has 0 aliphatic heterocycles. The van der Waals surface area contributed by atoms with Gasteiger partial charge in [0, 0.05) is 0 Å². The second kappa shape index (κ2) is 6.35. The fourth-order valence-corrected chi connectivity index (χ4v) is 3.97. The highest BCUT2D eigenvalue weighted by molar-refractivity contribution is 5.82. The number of hydrogen-bond acceptors (Lipinski definition) is 1. The van der Waals surface area contributed by atoms with Crippen LogP contribution in [0.25, 0.3) is 0 Å². The first-order valence-corrected chi connectivity index (χ1v) is 8.06. The van der Waals surface area contributed by atoms with Gasteiger partial charge in [-0.15, -0.1) is 0 Å². The van der Waals surface area contributed by atoms with E-state index in [1.54, 1.807) is 0 Å². The summed E-state index contributed by atoms with van der Waals surface area (Å²) >= 11 is 0. The molecule has 2 nitrogen and oxygen atoms in total. The second-order valence-electron chi connectivity index (χ2n) is 6.26. The van der Waals surface area contributed by atoms with Crippen molar-refractivity contribution < 1.29 is 9.90 Å². The number of carboxylic acid groups (broad SMARTS) is 1. The summed E-state index contributed by atoms with van der Waals surface area (Å²) in [4.78, 5) is 12.1. The molecule has 0 spiro atoms. The molecule has 1 fully saturated rings. The van der Waals surface area contributed by atoms with Crippen molar-refractivity contribution in [1.29, 1.82) is 0 Å². The van der Waals surface area contributed by atoms with Crippen LogP contribution >= 0.6 is 0 Å². The molecular formula is C20H22O2. The van der Waals surface area contributed by atoms with E-state index in [0.29, 0.717) is 0 Å². The normalized spacial score (nSPS) is 24.3. The van der Waals surface area contributed by atoms with Gasteiger partial charge in [-0.2, -0.15) is 0 Å². The molecule has 1 saturated carbocycles. The van der Waals surface area contributed by atoms with Crippen LogP contribution in [0, 0.1) is 5.92 Å². The molecule has 2 atom stereocenters. The van der Waals surface area contributed by atoms with Crippen molar-refractivity contribution in [2.75, 3.05) is 0 Å². The molecule has 0 radical (unpaired) electrons. The van der Waals surface area contributed by atoms with Gasteiger partial charge in [0.05, 0.1) is 5.41 Å². The van der Waals surface area contributed by atoms with Gasteiger partial charge < -0.3 is 5.11 Å². The highest BCUT2D eigenvalue weighted by Gasteiger charge is 2.49. The van der Waals surface area contributed by atoms with Gasteiger partial charge in [-0.3, -0.25) is 4.79 Å². The summed E-state index contributed by atoms with van der Waals surface area (Å²) in [5.74, 6) is -0.443. The Morgan fingerprint density at radius 3 is 2.32 bits per heavy atom. The van der Waals surface area contributed by atoms with Crippen molar-refractivity contribution in [1.82, 2.24) is 0 Å². The number of carboxylic acids is 1. The summed E-state index contributed by atoms with van der Waals surface area (Å²) in [5.41, 5.74) is 1.57. The molecule has 0 aromatic heterocycles. The Hall–Kier alpha value is -2.09. The van der Waals surface area contributed by atoms with Gasteiger partial charge in [0.1, 0.15) is 0 Å². The van der Waals surface area contributed by atoms with Gasteiger partial charge in [-0.25, -0.2) is 0 Å². The third-order valence-electron chi connectivity index (χ3n) is 5.12. The maximum Gasteiger partial charge on any atom is 0.314 e. The first kappa shape index (κ1) is 14.8. The zero-order valence-electron chi connectivity index (χ0n) is 12.7. The quantitative estimate of drug-likeness (QED) is 0.885. The van der Waals surface area contributed by atoms with E-state index >= 15 is 0 Å². The molecule has 2 heteroatoms. The van der Waals surface area contributed by atoms with E-state index in [4.69, 9.17) is 0 Å². The molecule has 22 heavy (non-hydrogen) atoms. The van der Waals surface area contributed by atoms with E-state index in [-0.39, 0.29) is 5.92 Å². The number of carbonyl (C=O) groups is 1. The third kappa shape index (κ3) is 2.66. The van der Waals surface area contributed by atoms with E-state index in [0.717, 1.165) is 37.7 Å². The Kier molecular flexibility index (Phi) is 4.28. The second-order valence-corrected chi connectivity index (χ2v) is 6.26. The van der Waals surface area contributed by atoms with E-state index < -0.39 is 11.4 Å². The van der Waals surface area contributed by atoms with Gasteiger partial charge in [-0.05, 0) is 42.7 Å². The van der Waals surface area contributed by atoms with E-state index in [1.807, 2.05) is 48.5 Å². The number of aliphatic carboxylic acids is 1. The lowest BCUT2D eigenvalue weighted by Crippen LogP contribution is -2.39. The lowest BCUT2D eigenvalue weighted by molar-refractivity contribution is -0.145. The Morgan fingerprint density at radius 2 is 1.68 bits per heavy atom. The van der Waals surface area contributed by atoms with E-state index in [1.165, 1.54) is 5.56 Å². The zero-order valence-corrected chi connectivity index (χ0v) is 12.7. The number of hydrogen-bond donors (Lipinski definition) is 1. The predicted octanol–water partition coefficient (Wildman–Crippen LogP) is 4.44. The third-order valence-corrected chi connectivity index (χ3v) is 5.12. The maximum absolute atomic E-state index is 12.1. The minimum absolute atomic E-state index is 0.215. The number of rotatable bonds is 5. The number of aryl methyl sites for hydroxylation is 1. The van der Waals surface area contributed by atoms with E-state index in [2.05, 4.69) is 12.1 Å². The molecule has 1 aliphatic carbocycles. The fourth-order valence-electron chi connectivity index (χ4n) is 3.97. The SMILES string of the molecule is O=C(O)C1(c2ccccc2)CCCC1CCc1ccccc1. The Morgan fingerprint density at radius 1 is 1.05 bits per heavy atom. The lowest BCUT2D eigenvalue weighted by atomic mass is 9.70. The van der Waals surface area contributed by atoms with Crippen LogP contribution in [0.2, 0.25) is 0 Å². The van der Waals surface area contributed by atoms with Crippen LogP contribution in [-0.2, 0) is 16.6 Å². The van der Waals surface area contributed by atoms with Crippen LogP contribution in [0.15, 0.2) is 60.7 Å². The van der Waals surface area contributed by atoms with Crippen LogP contribution in [0.4, 0.5) is 0 Å². The van der Waals surface area contributed by atoms with Crippen LogP contribution in [0.3, 0.4) is 0 Å². The molecule has 2 unspecified atom stereocenters. The molecule has 0 heterocycles. The topological polar surface area (TPSA) is 37.3 Å². The van der Waals surface area contributed by atoms with Gasteiger partial charge >= 0.3 is 5.97 Å². The zero-order chi connectivity index (χ0) is 15.4. The van der Waals surface area contributed by atoms with Crippen LogP contribution < -0.4 is 0 Å². The molecule has 0 amide bonds. The molecule has 0 bridgehead atoms. The summed E-state index contributed by atoms with van der Waals surface area (Å²) in [6.07, 6.45) is 4.65. The van der Waals surface area contributed by atoms with Crippen molar-refractivity contribution in [3.05, 3.63) is 71.8 Å². The van der Waals surface area contributed by atoms with E-state index in [9.17, 15) is 9.90 Å². The summed E-state index contributed by atoms with van der Waals surface area (Å²) in [6, 6.07) is 20.2. The van der Waals surface area contributed by atoms with Crippen molar-refractivity contribution in [3.8, 4) is 0 Å². The molecular weight excluding hydrogens is 272 g/mol. The molecule has 2 aromatic rings. The Labute approximate surface area is 131 Å². The minimum atomic E-state index is -0.698. The first-order valence-electron chi connectivity index (χ1n) is 8.06. The largest absolute Gasteiger partial charge is 0.481 e. The molecule has 2 aromatic carbocycles. The summed E-state index contributed by atoms with van der Waals surface area (Å²) < 4.78 is 0. The highest BCUT2D eigenvalue weighted by Crippen LogP contribution is 2.48. The standard InChI is InChI=1S/C20H22O2/c21-19(22)20(17-10-5-2-6-11-17)15-7-12-18(20)14-13-16-8-3-1-4-9-16/h1-6,8-11,18H,7,12-15H2,(H,21,22). The smallest absolute Gasteiger partial charge is 0.314 e. The molecule has 0 saturated heterocycles. The first-order chi connectivity index (χ1) is 10.7. The number of benzene rings is 2. The summed E-state index contributed by atoms with van der Waals surface area (Å²) in [7, 11) is 0. The van der Waals surface area contributed by atoms with Crippen LogP contribution in [0.5, 0.6) is 0 Å². The van der Waals surface area contributed by atoms with Crippen LogP contribution in [-0.4, -0.2) is 11.1 Å². The Bertz CT molecular complexity index is 621. The Balaban J connectivity index is 1.84. The monoisotopic (exact) mass is 294 g/mol. The predicted molar refractivity (Wildman–Crippen MR) is 87.9 cm³/mol. The highest BCUT2D eigenvalue weighted by atomic mass is 16.4. The average molecular weight is 294 g/mol. The molecule has 3 rings (SSSR count). The molecule has 114 valence electrons. The summed E-state index contributed by atoms with van der Waals surface area (Å²) in [5, 5.41) is 9.98. The molecule has 1 aliphatic rings. The minimum Gasteiger partial charge on any atom is -0.481 e. The average Bonchev–Trinajstić information content (AvgIpc) is 3.00. The molecule has 1 N–H and O–H groups in total. The van der Waals surface area contributed by atoms with Crippen molar-refractivity contribution >= 4 is 5.97 Å². The lowest BCUT2D eigenvalue weighted by Gasteiger charge is -2.32. The van der Waals surface area contributed by atoms with Gasteiger partial charge in [0.15, 0.2) is 0 Å². The van der Waals surface area contributed by atoms with Gasteiger partial charge in [0.2, 0.25) is 0 Å².